The van der Waals surface area contributed by atoms with Crippen molar-refractivity contribution < 1.29 is 4.42 Å². The van der Waals surface area contributed by atoms with Crippen LogP contribution in [0.3, 0.4) is 0 Å². The molecule has 3 aromatic heterocycles. The lowest BCUT2D eigenvalue weighted by Gasteiger charge is -2.38. The maximum Gasteiger partial charge on any atom is 0.165 e. The molecule has 2 unspecified atom stereocenters. The van der Waals surface area contributed by atoms with Crippen LogP contribution in [0.25, 0.3) is 98.5 Å². The van der Waals surface area contributed by atoms with Crippen LogP contribution >= 0.6 is 11.3 Å². The molecule has 5 heteroatoms. The molecule has 0 spiro atoms. The van der Waals surface area contributed by atoms with Gasteiger partial charge in [-0.3, -0.25) is 0 Å². The molecule has 9 aromatic carbocycles. The summed E-state index contributed by atoms with van der Waals surface area (Å²) in [6.45, 7) is 0. The molecule has 0 saturated heterocycles. The summed E-state index contributed by atoms with van der Waals surface area (Å²) in [5.41, 5.74) is 13.8. The third-order valence-corrected chi connectivity index (χ3v) is 15.7. The summed E-state index contributed by atoms with van der Waals surface area (Å²) in [4.78, 5) is 16.5. The Morgan fingerprint density at radius 1 is 0.406 bits per heavy atom. The molecular weight excluding hydrogens is 859 g/mol. The van der Waals surface area contributed by atoms with Crippen molar-refractivity contribution in [1.29, 1.82) is 0 Å². The Bertz CT molecular complexity index is 4010. The van der Waals surface area contributed by atoms with Crippen LogP contribution in [0.2, 0.25) is 0 Å². The quantitative estimate of drug-likeness (QED) is 0.160. The van der Waals surface area contributed by atoms with Crippen molar-refractivity contribution in [3.8, 4) is 56.4 Å². The van der Waals surface area contributed by atoms with E-state index in [4.69, 9.17) is 19.4 Å². The minimum atomic E-state index is -0.442. The highest BCUT2D eigenvalue weighted by Crippen LogP contribution is 2.61. The fraction of sp³-hybridized carbons (Fsp3) is 0.0469. The van der Waals surface area contributed by atoms with Crippen LogP contribution < -0.4 is 0 Å². The van der Waals surface area contributed by atoms with Gasteiger partial charge in [0, 0.05) is 59.5 Å². The molecule has 324 valence electrons. The molecule has 2 aliphatic rings. The molecule has 0 fully saturated rings. The zero-order chi connectivity index (χ0) is 45.5. The number of benzene rings is 9. The smallest absolute Gasteiger partial charge is 0.165 e. The molecule has 2 aliphatic carbocycles. The molecule has 0 amide bonds. The molecule has 0 radical (unpaired) electrons. The van der Waals surface area contributed by atoms with Crippen LogP contribution in [0.15, 0.2) is 241 Å². The SMILES string of the molecule is C1=CC2c3c(-c4nc(-c5cccc(-c6cccc(-c7ccc8oc9ccccc9c8c7)c6)c5)nc(-c5cccc6c5sc5ccccc56)n4)cccc3C(c3ccccc3)(c3ccccc3)C2C=C1. The van der Waals surface area contributed by atoms with E-state index in [0.29, 0.717) is 17.5 Å². The average molecular weight is 900 g/mol. The highest BCUT2D eigenvalue weighted by molar-refractivity contribution is 7.26. The zero-order valence-electron chi connectivity index (χ0n) is 37.3. The molecule has 0 bridgehead atoms. The van der Waals surface area contributed by atoms with E-state index < -0.39 is 5.41 Å². The van der Waals surface area contributed by atoms with Gasteiger partial charge in [0.2, 0.25) is 0 Å². The van der Waals surface area contributed by atoms with E-state index in [1.807, 2.05) is 12.1 Å². The Morgan fingerprint density at radius 2 is 0.971 bits per heavy atom. The van der Waals surface area contributed by atoms with Gasteiger partial charge in [-0.2, -0.15) is 0 Å². The number of rotatable bonds is 7. The van der Waals surface area contributed by atoms with E-state index in [1.165, 1.54) is 42.4 Å². The number of hydrogen-bond donors (Lipinski definition) is 0. The molecule has 0 N–H and O–H groups in total. The monoisotopic (exact) mass is 899 g/mol. The van der Waals surface area contributed by atoms with Crippen LogP contribution in [0.5, 0.6) is 0 Å². The Morgan fingerprint density at radius 3 is 1.75 bits per heavy atom. The first-order valence-corrected chi connectivity index (χ1v) is 24.4. The first-order valence-electron chi connectivity index (χ1n) is 23.6. The minimum Gasteiger partial charge on any atom is -0.456 e. The van der Waals surface area contributed by atoms with E-state index in [9.17, 15) is 0 Å². The van der Waals surface area contributed by atoms with Gasteiger partial charge < -0.3 is 4.42 Å². The highest BCUT2D eigenvalue weighted by Gasteiger charge is 2.53. The van der Waals surface area contributed by atoms with Gasteiger partial charge in [-0.05, 0) is 87.0 Å². The lowest BCUT2D eigenvalue weighted by molar-refractivity contribution is 0.457. The van der Waals surface area contributed by atoms with Crippen LogP contribution in [0.1, 0.15) is 28.2 Å². The Kier molecular flexibility index (Phi) is 9.08. The summed E-state index contributed by atoms with van der Waals surface area (Å²) < 4.78 is 8.58. The number of aromatic nitrogens is 3. The second-order valence-electron chi connectivity index (χ2n) is 18.2. The van der Waals surface area contributed by atoms with Crippen LogP contribution in [0, 0.1) is 5.92 Å². The van der Waals surface area contributed by atoms with Crippen LogP contribution in [0.4, 0.5) is 0 Å². The van der Waals surface area contributed by atoms with Crippen molar-refractivity contribution in [2.75, 3.05) is 0 Å². The van der Waals surface area contributed by atoms with Crippen molar-refractivity contribution in [2.24, 2.45) is 5.92 Å². The van der Waals surface area contributed by atoms with E-state index in [0.717, 1.165) is 60.9 Å². The van der Waals surface area contributed by atoms with E-state index in [1.54, 1.807) is 11.3 Å². The van der Waals surface area contributed by atoms with Crippen molar-refractivity contribution in [1.82, 2.24) is 15.0 Å². The van der Waals surface area contributed by atoms with Crippen LogP contribution in [-0.4, -0.2) is 15.0 Å². The lowest BCUT2D eigenvalue weighted by Crippen LogP contribution is -2.34. The lowest BCUT2D eigenvalue weighted by atomic mass is 9.63. The molecule has 3 heterocycles. The van der Waals surface area contributed by atoms with Crippen molar-refractivity contribution in [3.05, 3.63) is 259 Å². The topological polar surface area (TPSA) is 51.8 Å². The predicted octanol–water partition coefficient (Wildman–Crippen LogP) is 16.6. The largest absolute Gasteiger partial charge is 0.456 e. The number of hydrogen-bond acceptors (Lipinski definition) is 5. The zero-order valence-corrected chi connectivity index (χ0v) is 38.1. The van der Waals surface area contributed by atoms with Gasteiger partial charge >= 0.3 is 0 Å². The molecule has 69 heavy (non-hydrogen) atoms. The summed E-state index contributed by atoms with van der Waals surface area (Å²) in [5, 5.41) is 4.68. The first kappa shape index (κ1) is 39.6. The maximum atomic E-state index is 6.17. The molecule has 12 aromatic rings. The molecule has 14 rings (SSSR count). The number of fused-ring (bicyclic) bond motifs is 9. The number of thiophene rings is 1. The maximum absolute atomic E-state index is 6.17. The Labute approximate surface area is 403 Å². The normalized spacial score (nSPS) is 15.8. The summed E-state index contributed by atoms with van der Waals surface area (Å²) in [7, 11) is 0. The fourth-order valence-electron chi connectivity index (χ4n) is 11.5. The average Bonchev–Trinajstić information content (AvgIpc) is 4.10. The Hall–Kier alpha value is -8.51. The van der Waals surface area contributed by atoms with E-state index in [-0.39, 0.29) is 11.8 Å². The molecule has 2 atom stereocenters. The van der Waals surface area contributed by atoms with Crippen molar-refractivity contribution in [3.63, 3.8) is 0 Å². The summed E-state index contributed by atoms with van der Waals surface area (Å²) in [6, 6.07) is 76.2. The molecule has 4 nitrogen and oxygen atoms in total. The van der Waals surface area contributed by atoms with Gasteiger partial charge in [0.05, 0.1) is 5.41 Å². The third-order valence-electron chi connectivity index (χ3n) is 14.5. The van der Waals surface area contributed by atoms with Gasteiger partial charge in [0.15, 0.2) is 17.5 Å². The fourth-order valence-corrected chi connectivity index (χ4v) is 12.7. The molecule has 0 aliphatic heterocycles. The Balaban J connectivity index is 0.959. The second-order valence-corrected chi connectivity index (χ2v) is 19.2. The van der Waals surface area contributed by atoms with Crippen LogP contribution in [-0.2, 0) is 5.41 Å². The van der Waals surface area contributed by atoms with Gasteiger partial charge in [0.25, 0.3) is 0 Å². The standard InChI is InChI=1S/C64H41N3OS/c1-3-21-45(22-4-1)64(46-23-5-2-6-24-46)54-31-10-7-27-50(54)59-51(29-16-32-55(59)64)62-65-61(66-63(67-62)52-30-15-28-49-48-26-9-12-34-58(48)69-60(49)52)44-20-14-19-42(38-44)40-17-13-18-41(37-40)43-35-36-57-53(39-43)47-25-8-11-33-56(47)68-57/h1-39,50,54H. The number of allylic oxidation sites excluding steroid dienone is 4. The molecule has 0 saturated carbocycles. The number of nitrogens with zero attached hydrogens (tertiary/aromatic N) is 3. The van der Waals surface area contributed by atoms with E-state index in [2.05, 4.69) is 224 Å². The third kappa shape index (κ3) is 6.24. The van der Waals surface area contributed by atoms with Crippen molar-refractivity contribution in [2.45, 2.75) is 11.3 Å². The predicted molar refractivity (Wildman–Crippen MR) is 284 cm³/mol. The number of para-hydroxylation sites is 1. The second kappa shape index (κ2) is 15.8. The summed E-state index contributed by atoms with van der Waals surface area (Å²) in [5.74, 6) is 2.17. The molecular formula is C64H41N3OS. The number of furan rings is 1. The minimum absolute atomic E-state index is 0.0832. The van der Waals surface area contributed by atoms with E-state index >= 15 is 0 Å². The summed E-state index contributed by atoms with van der Waals surface area (Å²) >= 11 is 1.79. The van der Waals surface area contributed by atoms with Crippen molar-refractivity contribution >= 4 is 53.4 Å². The van der Waals surface area contributed by atoms with Gasteiger partial charge in [-0.15, -0.1) is 11.3 Å². The van der Waals surface area contributed by atoms with Gasteiger partial charge in [-0.25, -0.2) is 15.0 Å². The highest BCUT2D eigenvalue weighted by atomic mass is 32.1. The first-order chi connectivity index (χ1) is 34.2. The van der Waals surface area contributed by atoms with Gasteiger partial charge in [-0.1, -0.05) is 194 Å². The van der Waals surface area contributed by atoms with Gasteiger partial charge in [0.1, 0.15) is 11.2 Å². The summed E-state index contributed by atoms with van der Waals surface area (Å²) in [6.07, 6.45) is 9.23.